The van der Waals surface area contributed by atoms with E-state index in [1.807, 2.05) is 11.3 Å². The summed E-state index contributed by atoms with van der Waals surface area (Å²) in [5.41, 5.74) is 1.24. The van der Waals surface area contributed by atoms with Crippen LogP contribution in [0.5, 0.6) is 0 Å². The maximum atomic E-state index is 4.65. The zero-order valence-corrected chi connectivity index (χ0v) is 14.5. The van der Waals surface area contributed by atoms with Crippen LogP contribution in [0.3, 0.4) is 0 Å². The molecule has 1 aliphatic rings. The molecule has 2 rings (SSSR count). The Morgan fingerprint density at radius 3 is 2.35 bits per heavy atom. The summed E-state index contributed by atoms with van der Waals surface area (Å²) in [7, 11) is 0. The van der Waals surface area contributed by atoms with Gasteiger partial charge in [-0.2, -0.15) is 0 Å². The van der Waals surface area contributed by atoms with Crippen molar-refractivity contribution in [2.24, 2.45) is 17.8 Å². The van der Waals surface area contributed by atoms with Gasteiger partial charge in [-0.3, -0.25) is 0 Å². The molecule has 1 aromatic rings. The molecule has 3 heteroatoms. The van der Waals surface area contributed by atoms with Gasteiger partial charge in [0.15, 0.2) is 0 Å². The third kappa shape index (κ3) is 3.82. The molecule has 1 saturated carbocycles. The smallest absolute Gasteiger partial charge is 0.0900 e. The number of nitrogens with zero attached hydrogens (tertiary/aromatic N) is 1. The molecule has 20 heavy (non-hydrogen) atoms. The summed E-state index contributed by atoms with van der Waals surface area (Å²) in [5.74, 6) is 2.51. The van der Waals surface area contributed by atoms with Crippen molar-refractivity contribution in [3.05, 3.63) is 15.6 Å². The molecule has 1 aliphatic carbocycles. The predicted octanol–water partition coefficient (Wildman–Crippen LogP) is 4.87. The average molecular weight is 295 g/mol. The van der Waals surface area contributed by atoms with E-state index in [1.54, 1.807) is 0 Å². The molecule has 0 bridgehead atoms. The number of hydrogen-bond donors (Lipinski definition) is 1. The van der Waals surface area contributed by atoms with Crippen molar-refractivity contribution in [2.75, 3.05) is 6.54 Å². The molecule has 1 N–H and O–H groups in total. The third-order valence-corrected chi connectivity index (χ3v) is 5.68. The number of aromatic nitrogens is 1. The van der Waals surface area contributed by atoms with Crippen molar-refractivity contribution in [2.45, 2.75) is 66.3 Å². The van der Waals surface area contributed by atoms with Gasteiger partial charge in [0.1, 0.15) is 0 Å². The highest BCUT2D eigenvalue weighted by Gasteiger charge is 2.32. The van der Waals surface area contributed by atoms with Crippen LogP contribution in [0.1, 0.15) is 68.1 Å². The highest BCUT2D eigenvalue weighted by molar-refractivity contribution is 7.11. The summed E-state index contributed by atoms with van der Waals surface area (Å²) in [6.45, 7) is 12.5. The van der Waals surface area contributed by atoms with E-state index in [0.717, 1.165) is 24.3 Å². The number of rotatable bonds is 5. The lowest BCUT2D eigenvalue weighted by atomic mass is 9.73. The molecular weight excluding hydrogens is 264 g/mol. The molecule has 0 aromatic carbocycles. The van der Waals surface area contributed by atoms with Gasteiger partial charge in [0, 0.05) is 10.9 Å². The summed E-state index contributed by atoms with van der Waals surface area (Å²) >= 11 is 1.90. The minimum absolute atomic E-state index is 0.520. The Morgan fingerprint density at radius 2 is 1.85 bits per heavy atom. The second-order valence-corrected chi connectivity index (χ2v) is 8.03. The van der Waals surface area contributed by atoms with Gasteiger partial charge in [-0.1, -0.05) is 20.8 Å². The second-order valence-electron chi connectivity index (χ2n) is 6.79. The molecule has 0 aliphatic heterocycles. The lowest BCUT2D eigenvalue weighted by Crippen LogP contribution is -2.33. The fourth-order valence-corrected chi connectivity index (χ4v) is 4.99. The number of nitrogens with one attached hydrogen (secondary N) is 1. The van der Waals surface area contributed by atoms with Crippen LogP contribution in [0.4, 0.5) is 0 Å². The van der Waals surface area contributed by atoms with Crippen LogP contribution in [0.2, 0.25) is 0 Å². The minimum atomic E-state index is 0.520. The maximum Gasteiger partial charge on any atom is 0.0900 e. The monoisotopic (exact) mass is 294 g/mol. The van der Waals surface area contributed by atoms with Gasteiger partial charge >= 0.3 is 0 Å². The van der Waals surface area contributed by atoms with Crippen molar-refractivity contribution in [3.8, 4) is 0 Å². The summed E-state index contributed by atoms with van der Waals surface area (Å²) in [5, 5.41) is 5.03. The van der Waals surface area contributed by atoms with Crippen molar-refractivity contribution in [1.29, 1.82) is 0 Å². The number of hydrogen-bond acceptors (Lipinski definition) is 3. The summed E-state index contributed by atoms with van der Waals surface area (Å²) in [6, 6.07) is 0.520. The van der Waals surface area contributed by atoms with E-state index in [-0.39, 0.29) is 0 Å². The van der Waals surface area contributed by atoms with Crippen molar-refractivity contribution in [1.82, 2.24) is 10.3 Å². The fourth-order valence-electron chi connectivity index (χ4n) is 3.89. The molecule has 0 amide bonds. The standard InChI is InChI=1S/C17H30N2S/c1-6-7-18-16(17-13(4)19-14(5)20-17)15-9-11(2)8-12(3)10-15/h11-12,15-16,18H,6-10H2,1-5H3. The lowest BCUT2D eigenvalue weighted by Gasteiger charge is -2.36. The zero-order chi connectivity index (χ0) is 14.7. The second kappa shape index (κ2) is 7.04. The normalized spacial score (nSPS) is 28.6. The molecule has 0 saturated heterocycles. The Kier molecular flexibility index (Phi) is 5.62. The van der Waals surface area contributed by atoms with E-state index in [1.165, 1.54) is 41.3 Å². The molecule has 2 nitrogen and oxygen atoms in total. The minimum Gasteiger partial charge on any atom is -0.309 e. The maximum absolute atomic E-state index is 4.65. The molecule has 3 atom stereocenters. The molecule has 114 valence electrons. The summed E-state index contributed by atoms with van der Waals surface area (Å²) in [6.07, 6.45) is 5.33. The predicted molar refractivity (Wildman–Crippen MR) is 88.3 cm³/mol. The molecule has 3 unspecified atom stereocenters. The van der Waals surface area contributed by atoms with E-state index in [0.29, 0.717) is 6.04 Å². The van der Waals surface area contributed by atoms with Crippen molar-refractivity contribution < 1.29 is 0 Å². The first-order valence-corrected chi connectivity index (χ1v) is 9.00. The first-order valence-electron chi connectivity index (χ1n) is 8.18. The molecule has 1 aromatic heterocycles. The molecular formula is C17H30N2S. The third-order valence-electron chi connectivity index (χ3n) is 4.52. The molecule has 1 fully saturated rings. The van der Waals surface area contributed by atoms with Crippen LogP contribution in [-0.2, 0) is 0 Å². The van der Waals surface area contributed by atoms with E-state index in [4.69, 9.17) is 0 Å². The highest BCUT2D eigenvalue weighted by atomic mass is 32.1. The van der Waals surface area contributed by atoms with Gasteiger partial charge in [-0.25, -0.2) is 4.98 Å². The van der Waals surface area contributed by atoms with Crippen LogP contribution in [-0.4, -0.2) is 11.5 Å². The van der Waals surface area contributed by atoms with Crippen molar-refractivity contribution in [3.63, 3.8) is 0 Å². The van der Waals surface area contributed by atoms with Crippen LogP contribution in [0.25, 0.3) is 0 Å². The Morgan fingerprint density at radius 1 is 1.20 bits per heavy atom. The van der Waals surface area contributed by atoms with E-state index in [9.17, 15) is 0 Å². The van der Waals surface area contributed by atoms with Gasteiger partial charge in [0.05, 0.1) is 10.7 Å². The molecule has 0 spiro atoms. The van der Waals surface area contributed by atoms with E-state index >= 15 is 0 Å². The van der Waals surface area contributed by atoms with Crippen LogP contribution >= 0.6 is 11.3 Å². The Balaban J connectivity index is 2.20. The first kappa shape index (κ1) is 16.0. The van der Waals surface area contributed by atoms with E-state index in [2.05, 4.69) is 44.9 Å². The van der Waals surface area contributed by atoms with E-state index < -0.39 is 0 Å². The summed E-state index contributed by atoms with van der Waals surface area (Å²) < 4.78 is 0. The van der Waals surface area contributed by atoms with Crippen LogP contribution in [0.15, 0.2) is 0 Å². The van der Waals surface area contributed by atoms with Crippen LogP contribution < -0.4 is 5.32 Å². The van der Waals surface area contributed by atoms with Gasteiger partial charge in [-0.05, 0) is 63.8 Å². The topological polar surface area (TPSA) is 24.9 Å². The molecule has 1 heterocycles. The summed E-state index contributed by atoms with van der Waals surface area (Å²) in [4.78, 5) is 6.14. The van der Waals surface area contributed by atoms with Gasteiger partial charge < -0.3 is 5.32 Å². The average Bonchev–Trinajstić information content (AvgIpc) is 2.68. The van der Waals surface area contributed by atoms with Crippen molar-refractivity contribution >= 4 is 11.3 Å². The number of aryl methyl sites for hydroxylation is 2. The van der Waals surface area contributed by atoms with Gasteiger partial charge in [-0.15, -0.1) is 11.3 Å². The largest absolute Gasteiger partial charge is 0.309 e. The molecule has 0 radical (unpaired) electrons. The fraction of sp³-hybridized carbons (Fsp3) is 0.824. The highest BCUT2D eigenvalue weighted by Crippen LogP contribution is 2.41. The first-order chi connectivity index (χ1) is 9.51. The quantitative estimate of drug-likeness (QED) is 0.837. The van der Waals surface area contributed by atoms with Crippen LogP contribution in [0, 0.1) is 31.6 Å². The Labute approximate surface area is 128 Å². The zero-order valence-electron chi connectivity index (χ0n) is 13.7. The van der Waals surface area contributed by atoms with Gasteiger partial charge in [0.2, 0.25) is 0 Å². The lowest BCUT2D eigenvalue weighted by molar-refractivity contribution is 0.177. The Hall–Kier alpha value is -0.410. The SMILES string of the molecule is CCCNC(c1sc(C)nc1C)C1CC(C)CC(C)C1. The Bertz CT molecular complexity index is 417. The van der Waals surface area contributed by atoms with Gasteiger partial charge in [0.25, 0.3) is 0 Å². The number of thiazole rings is 1.